The lowest BCUT2D eigenvalue weighted by Crippen LogP contribution is -2.25. The van der Waals surface area contributed by atoms with Crippen molar-refractivity contribution < 1.29 is 9.59 Å². The standard InChI is InChI=1S/C14H14O2/c1-9(15)14(10(2)16)13-8-7-11-5-3-4-6-12(11)13/h3-8,13-14H,1-2H3. The van der Waals surface area contributed by atoms with Crippen molar-refractivity contribution in [3.8, 4) is 0 Å². The zero-order valence-corrected chi connectivity index (χ0v) is 9.44. The molecule has 0 N–H and O–H groups in total. The number of benzene rings is 1. The van der Waals surface area contributed by atoms with Gasteiger partial charge in [0.1, 0.15) is 11.6 Å². The zero-order valence-electron chi connectivity index (χ0n) is 9.44. The van der Waals surface area contributed by atoms with E-state index in [0.29, 0.717) is 0 Å². The smallest absolute Gasteiger partial charge is 0.141 e. The number of Topliss-reactive ketones (excluding diaryl/α,β-unsaturated/α-hetero) is 2. The lowest BCUT2D eigenvalue weighted by Gasteiger charge is -2.18. The van der Waals surface area contributed by atoms with E-state index in [1.807, 2.05) is 36.4 Å². The van der Waals surface area contributed by atoms with Crippen molar-refractivity contribution in [1.29, 1.82) is 0 Å². The third kappa shape index (κ3) is 1.71. The molecule has 16 heavy (non-hydrogen) atoms. The molecule has 0 heterocycles. The monoisotopic (exact) mass is 214 g/mol. The van der Waals surface area contributed by atoms with Crippen molar-refractivity contribution in [3.05, 3.63) is 41.5 Å². The third-order valence-electron chi connectivity index (χ3n) is 3.07. The van der Waals surface area contributed by atoms with Crippen LogP contribution >= 0.6 is 0 Å². The predicted molar refractivity (Wildman–Crippen MR) is 63.1 cm³/mol. The first-order chi connectivity index (χ1) is 7.61. The first kappa shape index (κ1) is 10.8. The predicted octanol–water partition coefficient (Wildman–Crippen LogP) is 2.59. The molecule has 1 aliphatic rings. The van der Waals surface area contributed by atoms with E-state index in [0.717, 1.165) is 11.1 Å². The van der Waals surface area contributed by atoms with Gasteiger partial charge in [0.2, 0.25) is 0 Å². The molecule has 2 rings (SSSR count). The number of rotatable bonds is 3. The molecule has 82 valence electrons. The fraction of sp³-hybridized carbons (Fsp3) is 0.286. The van der Waals surface area contributed by atoms with E-state index >= 15 is 0 Å². The van der Waals surface area contributed by atoms with Crippen molar-refractivity contribution in [2.75, 3.05) is 0 Å². The fourth-order valence-corrected chi connectivity index (χ4v) is 2.36. The van der Waals surface area contributed by atoms with Gasteiger partial charge in [0.15, 0.2) is 0 Å². The molecule has 0 saturated carbocycles. The Bertz CT molecular complexity index is 457. The highest BCUT2D eigenvalue weighted by atomic mass is 16.1. The highest BCUT2D eigenvalue weighted by molar-refractivity contribution is 6.02. The highest BCUT2D eigenvalue weighted by Crippen LogP contribution is 2.36. The number of fused-ring (bicyclic) bond motifs is 1. The Kier molecular flexibility index (Phi) is 2.73. The van der Waals surface area contributed by atoms with Gasteiger partial charge in [0.25, 0.3) is 0 Å². The largest absolute Gasteiger partial charge is 0.299 e. The van der Waals surface area contributed by atoms with Crippen LogP contribution in [0.5, 0.6) is 0 Å². The van der Waals surface area contributed by atoms with Crippen LogP contribution in [0.1, 0.15) is 30.9 Å². The Hall–Kier alpha value is -1.70. The van der Waals surface area contributed by atoms with E-state index in [2.05, 4.69) is 0 Å². The zero-order chi connectivity index (χ0) is 11.7. The Morgan fingerprint density at radius 2 is 1.75 bits per heavy atom. The van der Waals surface area contributed by atoms with Crippen LogP contribution in [0, 0.1) is 5.92 Å². The molecule has 1 atom stereocenters. The minimum Gasteiger partial charge on any atom is -0.299 e. The van der Waals surface area contributed by atoms with E-state index in [1.54, 1.807) is 0 Å². The Morgan fingerprint density at radius 3 is 2.38 bits per heavy atom. The third-order valence-corrected chi connectivity index (χ3v) is 3.07. The average Bonchev–Trinajstić information content (AvgIpc) is 2.61. The number of carbonyl (C=O) groups excluding carboxylic acids is 2. The summed E-state index contributed by atoms with van der Waals surface area (Å²) in [4.78, 5) is 23.1. The molecule has 0 saturated heterocycles. The molecule has 0 aromatic heterocycles. The topological polar surface area (TPSA) is 34.1 Å². The van der Waals surface area contributed by atoms with Gasteiger partial charge in [-0.2, -0.15) is 0 Å². The maximum absolute atomic E-state index is 11.5. The van der Waals surface area contributed by atoms with Crippen LogP contribution in [-0.2, 0) is 9.59 Å². The van der Waals surface area contributed by atoms with Crippen molar-refractivity contribution >= 4 is 17.6 Å². The first-order valence-corrected chi connectivity index (χ1v) is 5.39. The summed E-state index contributed by atoms with van der Waals surface area (Å²) in [5.41, 5.74) is 2.19. The molecule has 2 nitrogen and oxygen atoms in total. The van der Waals surface area contributed by atoms with Gasteiger partial charge < -0.3 is 0 Å². The lowest BCUT2D eigenvalue weighted by atomic mass is 9.83. The van der Waals surface area contributed by atoms with Crippen molar-refractivity contribution in [1.82, 2.24) is 0 Å². The van der Waals surface area contributed by atoms with Crippen LogP contribution in [-0.4, -0.2) is 11.6 Å². The van der Waals surface area contributed by atoms with Crippen LogP contribution < -0.4 is 0 Å². The second-order valence-corrected chi connectivity index (χ2v) is 4.21. The van der Waals surface area contributed by atoms with Gasteiger partial charge in [-0.15, -0.1) is 0 Å². The molecule has 2 heteroatoms. The number of allylic oxidation sites excluding steroid dienone is 1. The second kappa shape index (κ2) is 4.05. The fourth-order valence-electron chi connectivity index (χ4n) is 2.36. The van der Waals surface area contributed by atoms with Gasteiger partial charge in [0.05, 0.1) is 5.92 Å². The molecule has 0 fully saturated rings. The van der Waals surface area contributed by atoms with Crippen LogP contribution in [0.3, 0.4) is 0 Å². The molecule has 1 unspecified atom stereocenters. The maximum Gasteiger partial charge on any atom is 0.141 e. The van der Waals surface area contributed by atoms with Crippen LogP contribution in [0.25, 0.3) is 6.08 Å². The van der Waals surface area contributed by atoms with Gasteiger partial charge in [0, 0.05) is 5.92 Å². The average molecular weight is 214 g/mol. The molecule has 0 amide bonds. The van der Waals surface area contributed by atoms with Crippen LogP contribution in [0.15, 0.2) is 30.3 Å². The summed E-state index contributed by atoms with van der Waals surface area (Å²) in [6.45, 7) is 2.97. The van der Waals surface area contributed by atoms with E-state index in [-0.39, 0.29) is 17.5 Å². The summed E-state index contributed by atoms with van der Waals surface area (Å²) >= 11 is 0. The molecular formula is C14H14O2. The minimum atomic E-state index is -0.528. The van der Waals surface area contributed by atoms with Crippen molar-refractivity contribution in [2.24, 2.45) is 5.92 Å². The normalized spacial score (nSPS) is 17.6. The maximum atomic E-state index is 11.5. The Morgan fingerprint density at radius 1 is 1.12 bits per heavy atom. The highest BCUT2D eigenvalue weighted by Gasteiger charge is 2.32. The summed E-state index contributed by atoms with van der Waals surface area (Å²) in [5.74, 6) is -0.719. The summed E-state index contributed by atoms with van der Waals surface area (Å²) in [6.07, 6.45) is 3.94. The molecule has 1 aromatic carbocycles. The molecule has 0 bridgehead atoms. The van der Waals surface area contributed by atoms with Crippen molar-refractivity contribution in [3.63, 3.8) is 0 Å². The van der Waals surface area contributed by atoms with Crippen LogP contribution in [0.4, 0.5) is 0 Å². The molecule has 0 spiro atoms. The minimum absolute atomic E-state index is 0.0566. The second-order valence-electron chi connectivity index (χ2n) is 4.21. The molecule has 1 aromatic rings. The molecule has 1 aliphatic carbocycles. The van der Waals surface area contributed by atoms with Gasteiger partial charge in [-0.3, -0.25) is 9.59 Å². The molecule has 0 radical (unpaired) electrons. The first-order valence-electron chi connectivity index (χ1n) is 5.39. The Balaban J connectivity index is 2.41. The van der Waals surface area contributed by atoms with E-state index in [9.17, 15) is 9.59 Å². The Labute approximate surface area is 95.0 Å². The van der Waals surface area contributed by atoms with Gasteiger partial charge in [-0.05, 0) is 25.0 Å². The van der Waals surface area contributed by atoms with Gasteiger partial charge in [-0.25, -0.2) is 0 Å². The van der Waals surface area contributed by atoms with Crippen molar-refractivity contribution in [2.45, 2.75) is 19.8 Å². The quantitative estimate of drug-likeness (QED) is 0.725. The van der Waals surface area contributed by atoms with E-state index < -0.39 is 5.92 Å². The summed E-state index contributed by atoms with van der Waals surface area (Å²) in [7, 11) is 0. The number of carbonyl (C=O) groups is 2. The summed E-state index contributed by atoms with van der Waals surface area (Å²) in [6, 6.07) is 7.89. The number of ketones is 2. The van der Waals surface area contributed by atoms with E-state index in [4.69, 9.17) is 0 Å². The summed E-state index contributed by atoms with van der Waals surface area (Å²) < 4.78 is 0. The van der Waals surface area contributed by atoms with E-state index in [1.165, 1.54) is 13.8 Å². The molecule has 0 aliphatic heterocycles. The molecular weight excluding hydrogens is 200 g/mol. The number of hydrogen-bond donors (Lipinski definition) is 0. The summed E-state index contributed by atoms with van der Waals surface area (Å²) in [5, 5.41) is 0. The lowest BCUT2D eigenvalue weighted by molar-refractivity contribution is -0.130. The van der Waals surface area contributed by atoms with Gasteiger partial charge >= 0.3 is 0 Å². The van der Waals surface area contributed by atoms with Gasteiger partial charge in [-0.1, -0.05) is 36.4 Å². The van der Waals surface area contributed by atoms with Crippen LogP contribution in [0.2, 0.25) is 0 Å². The SMILES string of the molecule is CC(=O)C(C(C)=O)C1C=Cc2ccccc21. The number of hydrogen-bond acceptors (Lipinski definition) is 2.